The molecule has 2 aromatic rings. The summed E-state index contributed by atoms with van der Waals surface area (Å²) in [6.45, 7) is 12.0. The number of rotatable bonds is 0. The van der Waals surface area contributed by atoms with Gasteiger partial charge in [0.25, 0.3) is 0 Å². The van der Waals surface area contributed by atoms with E-state index in [1.807, 2.05) is 59.7 Å². The molecule has 0 unspecified atom stereocenters. The summed E-state index contributed by atoms with van der Waals surface area (Å²) in [5, 5.41) is 9.83. The molecule has 2 nitrogen and oxygen atoms in total. The lowest BCUT2D eigenvalue weighted by molar-refractivity contribution is 1.19. The first-order valence-corrected chi connectivity index (χ1v) is 6.49. The van der Waals surface area contributed by atoms with Gasteiger partial charge in [-0.25, -0.2) is 0 Å². The van der Waals surface area contributed by atoms with Gasteiger partial charge in [0.05, 0.1) is 17.1 Å². The Labute approximate surface area is 110 Å². The molecule has 0 N–H and O–H groups in total. The van der Waals surface area contributed by atoms with Gasteiger partial charge < -0.3 is 0 Å². The zero-order valence-electron chi connectivity index (χ0n) is 12.2. The summed E-state index contributed by atoms with van der Waals surface area (Å²) in [4.78, 5) is 4.43. The van der Waals surface area contributed by atoms with Crippen LogP contribution in [0.25, 0.3) is 10.9 Å². The second-order valence-electron chi connectivity index (χ2n) is 3.41. The molecule has 0 aliphatic heterocycles. The Morgan fingerprint density at radius 1 is 1.00 bits per heavy atom. The smallest absolute Gasteiger partial charge is 0.0992 e. The highest BCUT2D eigenvalue weighted by molar-refractivity contribution is 5.80. The molecular weight excluding hydrogens is 220 g/mol. The molecule has 0 saturated carbocycles. The van der Waals surface area contributed by atoms with Crippen LogP contribution in [0.3, 0.4) is 0 Å². The zero-order valence-corrected chi connectivity index (χ0v) is 12.2. The van der Waals surface area contributed by atoms with Crippen LogP contribution in [0.1, 0.15) is 44.5 Å². The Bertz CT molecular complexity index is 537. The molecule has 0 aliphatic rings. The highest BCUT2D eigenvalue weighted by Crippen LogP contribution is 2.16. The third-order valence-electron chi connectivity index (χ3n) is 2.39. The summed E-state index contributed by atoms with van der Waals surface area (Å²) in [5.74, 6) is 0. The first kappa shape index (κ1) is 16.1. The summed E-state index contributed by atoms with van der Waals surface area (Å²) in [5.41, 5.74) is 3.76. The quantitative estimate of drug-likeness (QED) is 0.667. The van der Waals surface area contributed by atoms with E-state index in [1.54, 1.807) is 0 Å². The average Bonchev–Trinajstić information content (AvgIpc) is 2.44. The van der Waals surface area contributed by atoms with Crippen molar-refractivity contribution in [3.05, 3.63) is 41.1 Å². The number of aryl methyl sites for hydroxylation is 2. The van der Waals surface area contributed by atoms with Crippen molar-refractivity contribution in [3.63, 3.8) is 0 Å². The first-order chi connectivity index (χ1) is 8.70. The molecule has 2 rings (SSSR count). The van der Waals surface area contributed by atoms with Gasteiger partial charge in [0, 0.05) is 11.1 Å². The predicted octanol–water partition coefficient (Wildman–Crippen LogP) is 4.78. The van der Waals surface area contributed by atoms with Gasteiger partial charge >= 0.3 is 0 Å². The third-order valence-corrected chi connectivity index (χ3v) is 2.39. The van der Waals surface area contributed by atoms with Crippen molar-refractivity contribution in [1.29, 1.82) is 5.26 Å². The number of aromatic nitrogens is 1. The van der Waals surface area contributed by atoms with Crippen molar-refractivity contribution in [2.24, 2.45) is 0 Å². The largest absolute Gasteiger partial charge is 0.253 e. The van der Waals surface area contributed by atoms with Crippen molar-refractivity contribution >= 4 is 10.9 Å². The minimum atomic E-state index is 0.660. The zero-order chi connectivity index (χ0) is 14.1. The lowest BCUT2D eigenvalue weighted by Crippen LogP contribution is -1.88. The van der Waals surface area contributed by atoms with Crippen LogP contribution in [0.5, 0.6) is 0 Å². The van der Waals surface area contributed by atoms with Crippen molar-refractivity contribution in [1.82, 2.24) is 4.98 Å². The summed E-state index contributed by atoms with van der Waals surface area (Å²) >= 11 is 0. The van der Waals surface area contributed by atoms with E-state index < -0.39 is 0 Å². The van der Waals surface area contributed by atoms with Crippen molar-refractivity contribution < 1.29 is 0 Å². The lowest BCUT2D eigenvalue weighted by atomic mass is 10.1. The molecule has 96 valence electrons. The molecule has 0 atom stereocenters. The lowest BCUT2D eigenvalue weighted by Gasteiger charge is -2.02. The van der Waals surface area contributed by atoms with Crippen LogP contribution >= 0.6 is 0 Å². The highest BCUT2D eigenvalue weighted by Gasteiger charge is 2.00. The van der Waals surface area contributed by atoms with E-state index in [0.29, 0.717) is 5.56 Å². The van der Waals surface area contributed by atoms with E-state index in [4.69, 9.17) is 5.26 Å². The van der Waals surface area contributed by atoms with Crippen LogP contribution in [0.15, 0.2) is 24.3 Å². The van der Waals surface area contributed by atoms with E-state index in [2.05, 4.69) is 17.1 Å². The van der Waals surface area contributed by atoms with Gasteiger partial charge in [0.1, 0.15) is 0 Å². The maximum absolute atomic E-state index is 8.74. The van der Waals surface area contributed by atoms with Crippen LogP contribution in [-0.4, -0.2) is 4.98 Å². The number of nitriles is 1. The Morgan fingerprint density at radius 3 is 2.17 bits per heavy atom. The van der Waals surface area contributed by atoms with Gasteiger partial charge in [-0.1, -0.05) is 33.8 Å². The Kier molecular flexibility index (Phi) is 7.38. The molecule has 0 saturated heterocycles. The molecule has 18 heavy (non-hydrogen) atoms. The molecule has 0 aliphatic carbocycles. The van der Waals surface area contributed by atoms with Crippen LogP contribution < -0.4 is 0 Å². The van der Waals surface area contributed by atoms with Crippen molar-refractivity contribution in [2.75, 3.05) is 0 Å². The van der Waals surface area contributed by atoms with E-state index in [9.17, 15) is 0 Å². The molecule has 1 heterocycles. The fourth-order valence-electron chi connectivity index (χ4n) is 1.44. The average molecular weight is 242 g/mol. The maximum atomic E-state index is 8.74. The second-order valence-corrected chi connectivity index (χ2v) is 3.41. The Morgan fingerprint density at radius 2 is 1.61 bits per heavy atom. The van der Waals surface area contributed by atoms with Gasteiger partial charge in [0.15, 0.2) is 0 Å². The van der Waals surface area contributed by atoms with Gasteiger partial charge in [0.2, 0.25) is 0 Å². The Hall–Kier alpha value is -1.88. The summed E-state index contributed by atoms with van der Waals surface area (Å²) in [6.07, 6.45) is 0. The summed E-state index contributed by atoms with van der Waals surface area (Å²) in [6, 6.07) is 9.79. The number of nitrogens with zero attached hydrogens (tertiary/aromatic N) is 2. The third kappa shape index (κ3) is 3.85. The molecule has 0 spiro atoms. The summed E-state index contributed by atoms with van der Waals surface area (Å²) in [7, 11) is 0. The van der Waals surface area contributed by atoms with E-state index in [0.717, 1.165) is 16.6 Å². The fraction of sp³-hybridized carbons (Fsp3) is 0.375. The molecular formula is C16H22N2. The SMILES string of the molecule is CC.CC.Cc1cc2ccc(C#N)cc2nc1C. The maximum Gasteiger partial charge on any atom is 0.0992 e. The van der Waals surface area contributed by atoms with Gasteiger partial charge in [-0.2, -0.15) is 5.26 Å². The molecule has 0 radical (unpaired) electrons. The van der Waals surface area contributed by atoms with Gasteiger partial charge in [-0.05, 0) is 37.6 Å². The van der Waals surface area contributed by atoms with E-state index >= 15 is 0 Å². The number of hydrogen-bond acceptors (Lipinski definition) is 2. The fourth-order valence-corrected chi connectivity index (χ4v) is 1.44. The van der Waals surface area contributed by atoms with Crippen LogP contribution in [0.4, 0.5) is 0 Å². The molecule has 0 fully saturated rings. The molecule has 0 bridgehead atoms. The topological polar surface area (TPSA) is 36.7 Å². The first-order valence-electron chi connectivity index (χ1n) is 6.49. The predicted molar refractivity (Wildman–Crippen MR) is 78.6 cm³/mol. The Balaban J connectivity index is 0.000000659. The normalized spacial score (nSPS) is 8.50. The van der Waals surface area contributed by atoms with E-state index in [-0.39, 0.29) is 0 Å². The van der Waals surface area contributed by atoms with Crippen LogP contribution in [-0.2, 0) is 0 Å². The van der Waals surface area contributed by atoms with Gasteiger partial charge in [-0.3, -0.25) is 4.98 Å². The summed E-state index contributed by atoms with van der Waals surface area (Å²) < 4.78 is 0. The monoisotopic (exact) mass is 242 g/mol. The van der Waals surface area contributed by atoms with Gasteiger partial charge in [-0.15, -0.1) is 0 Å². The number of benzene rings is 1. The van der Waals surface area contributed by atoms with Crippen molar-refractivity contribution in [3.8, 4) is 6.07 Å². The standard InChI is InChI=1S/C12H10N2.2C2H6/c1-8-5-11-4-3-10(7-13)6-12(11)14-9(8)2;2*1-2/h3-6H,1-2H3;2*1-2H3. The van der Waals surface area contributed by atoms with E-state index in [1.165, 1.54) is 5.56 Å². The molecule has 1 aromatic carbocycles. The molecule has 2 heteroatoms. The minimum Gasteiger partial charge on any atom is -0.253 e. The van der Waals surface area contributed by atoms with Crippen molar-refractivity contribution in [2.45, 2.75) is 41.5 Å². The molecule has 0 amide bonds. The highest BCUT2D eigenvalue weighted by atomic mass is 14.7. The van der Waals surface area contributed by atoms with Crippen LogP contribution in [0, 0.1) is 25.2 Å². The van der Waals surface area contributed by atoms with Crippen LogP contribution in [0.2, 0.25) is 0 Å². The molecule has 1 aromatic heterocycles. The second kappa shape index (κ2) is 8.25. The number of fused-ring (bicyclic) bond motifs is 1. The number of hydrogen-bond donors (Lipinski definition) is 0. The number of pyridine rings is 1. The minimum absolute atomic E-state index is 0.660.